The molecule has 0 saturated carbocycles. The molecule has 1 fully saturated rings. The quantitative estimate of drug-likeness (QED) is 0.659. The first-order valence-corrected chi connectivity index (χ1v) is 11.1. The Morgan fingerprint density at radius 2 is 1.62 bits per heavy atom. The standard InChI is InChI=1S/C22H25N3O3S/c1-16-14-20(28-3)21(15-17(16)2)29(26,27)25-12-10-24(11-13-25)22-9-8-18-6-4-5-7-19(18)23-22/h4-9,14-15H,10-13H2,1-3H3. The van der Waals surface area contributed by atoms with Gasteiger partial charge in [0.2, 0.25) is 10.0 Å². The number of aryl methyl sites for hydroxylation is 2. The van der Waals surface area contributed by atoms with E-state index in [4.69, 9.17) is 9.72 Å². The Kier molecular flexibility index (Phi) is 5.19. The van der Waals surface area contributed by atoms with Gasteiger partial charge in [-0.2, -0.15) is 4.31 Å². The van der Waals surface area contributed by atoms with Gasteiger partial charge >= 0.3 is 0 Å². The Morgan fingerprint density at radius 3 is 2.34 bits per heavy atom. The van der Waals surface area contributed by atoms with E-state index in [0.29, 0.717) is 31.9 Å². The molecule has 29 heavy (non-hydrogen) atoms. The molecular weight excluding hydrogens is 386 g/mol. The molecule has 1 saturated heterocycles. The second-order valence-corrected chi connectivity index (χ2v) is 9.25. The lowest BCUT2D eigenvalue weighted by Crippen LogP contribution is -2.49. The molecule has 1 aliphatic heterocycles. The summed E-state index contributed by atoms with van der Waals surface area (Å²) in [6.45, 7) is 5.87. The summed E-state index contributed by atoms with van der Waals surface area (Å²) in [4.78, 5) is 7.10. The molecule has 0 spiro atoms. The Labute approximate surface area is 171 Å². The highest BCUT2D eigenvalue weighted by molar-refractivity contribution is 7.89. The van der Waals surface area contributed by atoms with Crippen molar-refractivity contribution in [3.63, 3.8) is 0 Å². The summed E-state index contributed by atoms with van der Waals surface area (Å²) >= 11 is 0. The molecule has 0 radical (unpaired) electrons. The Hall–Kier alpha value is -2.64. The molecule has 0 amide bonds. The molecule has 4 rings (SSSR count). The fourth-order valence-corrected chi connectivity index (χ4v) is 5.30. The maximum atomic E-state index is 13.3. The number of anilines is 1. The molecule has 3 aromatic rings. The van der Waals surface area contributed by atoms with Crippen LogP contribution in [-0.2, 0) is 10.0 Å². The predicted molar refractivity (Wildman–Crippen MR) is 115 cm³/mol. The fourth-order valence-electron chi connectivity index (χ4n) is 3.65. The molecule has 2 heterocycles. The highest BCUT2D eigenvalue weighted by atomic mass is 32.2. The number of aromatic nitrogens is 1. The number of nitrogens with zero attached hydrogens (tertiary/aromatic N) is 3. The third-order valence-electron chi connectivity index (χ3n) is 5.54. The van der Waals surface area contributed by atoms with E-state index in [-0.39, 0.29) is 4.90 Å². The van der Waals surface area contributed by atoms with E-state index in [1.165, 1.54) is 11.4 Å². The van der Waals surface area contributed by atoms with Crippen molar-refractivity contribution in [2.45, 2.75) is 18.7 Å². The highest BCUT2D eigenvalue weighted by Crippen LogP contribution is 2.30. The van der Waals surface area contributed by atoms with Crippen LogP contribution in [0.25, 0.3) is 10.9 Å². The summed E-state index contributed by atoms with van der Waals surface area (Å²) < 4.78 is 33.4. The van der Waals surface area contributed by atoms with Crippen LogP contribution < -0.4 is 9.64 Å². The third kappa shape index (κ3) is 3.68. The largest absolute Gasteiger partial charge is 0.495 e. The SMILES string of the molecule is COc1cc(C)c(C)cc1S(=O)(=O)N1CCN(c2ccc3ccccc3n2)CC1. The molecule has 7 heteroatoms. The molecule has 2 aromatic carbocycles. The minimum Gasteiger partial charge on any atom is -0.495 e. The van der Waals surface area contributed by atoms with Crippen molar-refractivity contribution in [3.05, 3.63) is 59.7 Å². The molecule has 0 unspecified atom stereocenters. The first kappa shape index (κ1) is 19.7. The lowest BCUT2D eigenvalue weighted by Gasteiger charge is -2.35. The van der Waals surface area contributed by atoms with Crippen molar-refractivity contribution in [1.82, 2.24) is 9.29 Å². The lowest BCUT2D eigenvalue weighted by molar-refractivity contribution is 0.373. The second kappa shape index (κ2) is 7.65. The van der Waals surface area contributed by atoms with Gasteiger partial charge in [-0.1, -0.05) is 18.2 Å². The van der Waals surface area contributed by atoms with Crippen molar-refractivity contribution in [2.24, 2.45) is 0 Å². The maximum absolute atomic E-state index is 13.3. The molecule has 0 N–H and O–H groups in total. The van der Waals surface area contributed by atoms with Gasteiger partial charge in [0.1, 0.15) is 16.5 Å². The molecule has 1 aromatic heterocycles. The van der Waals surface area contributed by atoms with Crippen LogP contribution in [0.1, 0.15) is 11.1 Å². The van der Waals surface area contributed by atoms with Crippen LogP contribution in [0.4, 0.5) is 5.82 Å². The van der Waals surface area contributed by atoms with Crippen LogP contribution in [0.5, 0.6) is 5.75 Å². The normalized spacial score (nSPS) is 15.6. The van der Waals surface area contributed by atoms with Gasteiger partial charge in [-0.25, -0.2) is 13.4 Å². The summed E-state index contributed by atoms with van der Waals surface area (Å²) in [6, 6.07) is 15.5. The van der Waals surface area contributed by atoms with E-state index in [1.807, 2.05) is 44.2 Å². The number of para-hydroxylation sites is 1. The van der Waals surface area contributed by atoms with E-state index in [0.717, 1.165) is 27.8 Å². The van der Waals surface area contributed by atoms with Crippen molar-refractivity contribution >= 4 is 26.7 Å². The van der Waals surface area contributed by atoms with E-state index in [2.05, 4.69) is 11.0 Å². The van der Waals surface area contributed by atoms with Gasteiger partial charge in [-0.3, -0.25) is 0 Å². The van der Waals surface area contributed by atoms with Gasteiger partial charge in [0.25, 0.3) is 0 Å². The van der Waals surface area contributed by atoms with Gasteiger partial charge in [-0.15, -0.1) is 0 Å². The zero-order valence-corrected chi connectivity index (χ0v) is 17.7. The van der Waals surface area contributed by atoms with E-state index >= 15 is 0 Å². The number of fused-ring (bicyclic) bond motifs is 1. The predicted octanol–water partition coefficient (Wildman–Crippen LogP) is 3.37. The minimum atomic E-state index is -3.62. The second-order valence-electron chi connectivity index (χ2n) is 7.34. The molecule has 0 atom stereocenters. The number of pyridine rings is 1. The average Bonchev–Trinajstić information content (AvgIpc) is 2.75. The number of hydrogen-bond acceptors (Lipinski definition) is 5. The highest BCUT2D eigenvalue weighted by Gasteiger charge is 2.31. The number of ether oxygens (including phenoxy) is 1. The first-order chi connectivity index (χ1) is 13.9. The van der Waals surface area contributed by atoms with Crippen LogP contribution in [0.3, 0.4) is 0 Å². The zero-order chi connectivity index (χ0) is 20.6. The first-order valence-electron chi connectivity index (χ1n) is 9.66. The summed E-state index contributed by atoms with van der Waals surface area (Å²) in [5.74, 6) is 1.27. The molecule has 0 aliphatic carbocycles. The third-order valence-corrected chi connectivity index (χ3v) is 7.46. The average molecular weight is 412 g/mol. The number of methoxy groups -OCH3 is 1. The minimum absolute atomic E-state index is 0.236. The molecule has 1 aliphatic rings. The Balaban J connectivity index is 1.55. The Morgan fingerprint density at radius 1 is 0.931 bits per heavy atom. The molecule has 152 valence electrons. The lowest BCUT2D eigenvalue weighted by atomic mass is 10.1. The number of piperazine rings is 1. The number of rotatable bonds is 4. The molecular formula is C22H25N3O3S. The topological polar surface area (TPSA) is 62.7 Å². The molecule has 6 nitrogen and oxygen atoms in total. The van der Waals surface area contributed by atoms with Crippen LogP contribution in [0.15, 0.2) is 53.4 Å². The fraction of sp³-hybridized carbons (Fsp3) is 0.318. The van der Waals surface area contributed by atoms with Gasteiger partial charge in [-0.05, 0) is 55.3 Å². The monoisotopic (exact) mass is 411 g/mol. The number of hydrogen-bond donors (Lipinski definition) is 0. The summed E-state index contributed by atoms with van der Waals surface area (Å²) in [6.07, 6.45) is 0. The number of sulfonamides is 1. The van der Waals surface area contributed by atoms with Crippen LogP contribution in [-0.4, -0.2) is 51.0 Å². The van der Waals surface area contributed by atoms with E-state index in [1.54, 1.807) is 12.1 Å². The van der Waals surface area contributed by atoms with E-state index in [9.17, 15) is 8.42 Å². The molecule has 0 bridgehead atoms. The van der Waals surface area contributed by atoms with Crippen LogP contribution >= 0.6 is 0 Å². The maximum Gasteiger partial charge on any atom is 0.246 e. The summed E-state index contributed by atoms with van der Waals surface area (Å²) in [5.41, 5.74) is 2.89. The van der Waals surface area contributed by atoms with Crippen molar-refractivity contribution in [3.8, 4) is 5.75 Å². The Bertz CT molecular complexity index is 1150. The smallest absolute Gasteiger partial charge is 0.246 e. The van der Waals surface area contributed by atoms with Crippen LogP contribution in [0.2, 0.25) is 0 Å². The van der Waals surface area contributed by atoms with Crippen molar-refractivity contribution < 1.29 is 13.2 Å². The zero-order valence-electron chi connectivity index (χ0n) is 16.9. The van der Waals surface area contributed by atoms with Gasteiger partial charge in [0.05, 0.1) is 12.6 Å². The van der Waals surface area contributed by atoms with Gasteiger partial charge in [0.15, 0.2) is 0 Å². The van der Waals surface area contributed by atoms with Gasteiger partial charge in [0, 0.05) is 31.6 Å². The van der Waals surface area contributed by atoms with Crippen LogP contribution in [0, 0.1) is 13.8 Å². The van der Waals surface area contributed by atoms with E-state index < -0.39 is 10.0 Å². The van der Waals surface area contributed by atoms with Crippen molar-refractivity contribution in [2.75, 3.05) is 38.2 Å². The van der Waals surface area contributed by atoms with Crippen molar-refractivity contribution in [1.29, 1.82) is 0 Å². The number of benzene rings is 2. The van der Waals surface area contributed by atoms with Gasteiger partial charge < -0.3 is 9.64 Å². The summed E-state index contributed by atoms with van der Waals surface area (Å²) in [5, 5.41) is 1.10. The summed E-state index contributed by atoms with van der Waals surface area (Å²) in [7, 11) is -2.12.